The van der Waals surface area contributed by atoms with Crippen LogP contribution in [0.5, 0.6) is 0 Å². The van der Waals surface area contributed by atoms with Gasteiger partial charge in [0.25, 0.3) is 5.69 Å². The Kier molecular flexibility index (Phi) is 6.30. The number of carbonyl (C=O) groups excluding carboxylic acids is 1. The number of benzene rings is 1. The highest BCUT2D eigenvalue weighted by Crippen LogP contribution is 2.22. The second kappa shape index (κ2) is 7.97. The lowest BCUT2D eigenvalue weighted by atomic mass is 10.0. The third-order valence-electron chi connectivity index (χ3n) is 3.13. The van der Waals surface area contributed by atoms with Gasteiger partial charge in [-0.2, -0.15) is 5.26 Å². The molecule has 7 nitrogen and oxygen atoms in total. The van der Waals surface area contributed by atoms with Crippen molar-refractivity contribution < 1.29 is 9.72 Å². The number of rotatable bonds is 7. The molecule has 1 rings (SSSR count). The number of hydrogen-bond donors (Lipinski definition) is 2. The molecule has 1 atom stereocenters. The Hall–Kier alpha value is -2.46. The number of nitriles is 1. The van der Waals surface area contributed by atoms with Crippen LogP contribution in [0.4, 0.5) is 11.4 Å². The maximum atomic E-state index is 11.8. The van der Waals surface area contributed by atoms with Crippen LogP contribution in [-0.4, -0.2) is 17.4 Å². The minimum atomic E-state index is -0.582. The molecule has 0 aromatic heterocycles. The summed E-state index contributed by atoms with van der Waals surface area (Å²) in [7, 11) is 0. The fourth-order valence-corrected chi connectivity index (χ4v) is 1.87. The minimum absolute atomic E-state index is 0.0764. The van der Waals surface area contributed by atoms with Crippen molar-refractivity contribution in [1.29, 1.82) is 5.26 Å². The Bertz CT molecular complexity index is 566. The quantitative estimate of drug-likeness (QED) is 0.588. The average molecular weight is 290 g/mol. The number of nitrogens with two attached hydrogens (primary N) is 1. The molecular weight excluding hydrogens is 272 g/mol. The van der Waals surface area contributed by atoms with Crippen molar-refractivity contribution >= 4 is 17.3 Å². The standard InChI is InChI=1S/C14H18N4O3/c1-10(6-7-15)2-5-14(19)17-13-4-3-12(18(20)21)8-11(13)9-16/h3-4,8,10H,2,5-7,15H2,1H3,(H,17,19). The van der Waals surface area contributed by atoms with E-state index < -0.39 is 4.92 Å². The van der Waals surface area contributed by atoms with E-state index in [1.165, 1.54) is 12.1 Å². The lowest BCUT2D eigenvalue weighted by Crippen LogP contribution is -2.14. The monoisotopic (exact) mass is 290 g/mol. The zero-order chi connectivity index (χ0) is 15.8. The van der Waals surface area contributed by atoms with Crippen LogP contribution in [0.25, 0.3) is 0 Å². The van der Waals surface area contributed by atoms with Gasteiger partial charge in [-0.25, -0.2) is 0 Å². The van der Waals surface area contributed by atoms with E-state index in [-0.39, 0.29) is 17.2 Å². The highest BCUT2D eigenvalue weighted by Gasteiger charge is 2.13. The molecule has 21 heavy (non-hydrogen) atoms. The first-order chi connectivity index (χ1) is 9.97. The summed E-state index contributed by atoms with van der Waals surface area (Å²) in [6.07, 6.45) is 1.88. The molecule has 112 valence electrons. The van der Waals surface area contributed by atoms with Crippen molar-refractivity contribution in [2.75, 3.05) is 11.9 Å². The predicted molar refractivity (Wildman–Crippen MR) is 78.5 cm³/mol. The number of nitro groups is 1. The topological polar surface area (TPSA) is 122 Å². The van der Waals surface area contributed by atoms with Gasteiger partial charge in [-0.3, -0.25) is 14.9 Å². The van der Waals surface area contributed by atoms with E-state index in [0.29, 0.717) is 31.0 Å². The molecule has 7 heteroatoms. The lowest BCUT2D eigenvalue weighted by molar-refractivity contribution is -0.384. The highest BCUT2D eigenvalue weighted by atomic mass is 16.6. The van der Waals surface area contributed by atoms with Crippen LogP contribution in [0.1, 0.15) is 31.7 Å². The molecule has 1 amide bonds. The number of anilines is 1. The largest absolute Gasteiger partial charge is 0.330 e. The first kappa shape index (κ1) is 16.6. The number of amides is 1. The molecule has 0 aliphatic carbocycles. The second-order valence-electron chi connectivity index (χ2n) is 4.87. The summed E-state index contributed by atoms with van der Waals surface area (Å²) < 4.78 is 0. The van der Waals surface area contributed by atoms with E-state index in [2.05, 4.69) is 5.32 Å². The number of non-ortho nitro benzene ring substituents is 1. The SMILES string of the molecule is CC(CCN)CCC(=O)Nc1ccc([N+](=O)[O-])cc1C#N. The van der Waals surface area contributed by atoms with Crippen molar-refractivity contribution in [3.63, 3.8) is 0 Å². The Labute approximate surface area is 122 Å². The molecule has 0 bridgehead atoms. The number of nitrogens with zero attached hydrogens (tertiary/aromatic N) is 2. The Balaban J connectivity index is 2.68. The van der Waals surface area contributed by atoms with Gasteiger partial charge in [0.2, 0.25) is 5.91 Å². The van der Waals surface area contributed by atoms with Gasteiger partial charge in [-0.05, 0) is 31.4 Å². The average Bonchev–Trinajstić information content (AvgIpc) is 2.45. The fraction of sp³-hybridized carbons (Fsp3) is 0.429. The maximum absolute atomic E-state index is 11.8. The van der Waals surface area contributed by atoms with Crippen molar-refractivity contribution in [3.05, 3.63) is 33.9 Å². The van der Waals surface area contributed by atoms with E-state index in [9.17, 15) is 14.9 Å². The zero-order valence-corrected chi connectivity index (χ0v) is 11.8. The van der Waals surface area contributed by atoms with Gasteiger partial charge >= 0.3 is 0 Å². The van der Waals surface area contributed by atoms with Crippen LogP contribution in [0.3, 0.4) is 0 Å². The first-order valence-electron chi connectivity index (χ1n) is 6.66. The van der Waals surface area contributed by atoms with E-state index >= 15 is 0 Å². The fourth-order valence-electron chi connectivity index (χ4n) is 1.87. The van der Waals surface area contributed by atoms with Crippen LogP contribution in [0.15, 0.2) is 18.2 Å². The Morgan fingerprint density at radius 3 is 2.81 bits per heavy atom. The first-order valence-corrected chi connectivity index (χ1v) is 6.66. The molecule has 0 heterocycles. The van der Waals surface area contributed by atoms with Crippen molar-refractivity contribution in [2.24, 2.45) is 11.7 Å². The van der Waals surface area contributed by atoms with E-state index in [1.807, 2.05) is 13.0 Å². The molecule has 0 saturated carbocycles. The number of nitrogens with one attached hydrogen (secondary N) is 1. The molecule has 0 aliphatic heterocycles. The van der Waals surface area contributed by atoms with Gasteiger partial charge in [0, 0.05) is 18.6 Å². The molecule has 0 fully saturated rings. The van der Waals surface area contributed by atoms with Gasteiger partial charge in [-0.15, -0.1) is 0 Å². The summed E-state index contributed by atoms with van der Waals surface area (Å²) in [5.74, 6) is 0.136. The van der Waals surface area contributed by atoms with E-state index in [0.717, 1.165) is 12.5 Å². The molecular formula is C14H18N4O3. The normalized spacial score (nSPS) is 11.5. The van der Waals surface area contributed by atoms with Gasteiger partial charge in [-0.1, -0.05) is 6.92 Å². The van der Waals surface area contributed by atoms with Crippen molar-refractivity contribution in [2.45, 2.75) is 26.2 Å². The Morgan fingerprint density at radius 1 is 1.52 bits per heavy atom. The summed E-state index contributed by atoms with van der Waals surface area (Å²) in [6, 6.07) is 5.62. The third-order valence-corrected chi connectivity index (χ3v) is 3.13. The van der Waals surface area contributed by atoms with Gasteiger partial charge in [0.1, 0.15) is 6.07 Å². The van der Waals surface area contributed by atoms with Crippen LogP contribution >= 0.6 is 0 Å². The smallest absolute Gasteiger partial charge is 0.270 e. The number of nitro benzene ring substituents is 1. The molecule has 0 aliphatic rings. The number of carbonyl (C=O) groups is 1. The highest BCUT2D eigenvalue weighted by molar-refractivity contribution is 5.92. The van der Waals surface area contributed by atoms with Crippen LogP contribution in [0, 0.1) is 27.4 Å². The molecule has 0 saturated heterocycles. The summed E-state index contributed by atoms with van der Waals surface area (Å²) in [4.78, 5) is 21.9. The summed E-state index contributed by atoms with van der Waals surface area (Å²) >= 11 is 0. The molecule has 3 N–H and O–H groups in total. The lowest BCUT2D eigenvalue weighted by Gasteiger charge is -2.10. The predicted octanol–water partition coefficient (Wildman–Crippen LogP) is 2.17. The van der Waals surface area contributed by atoms with Crippen molar-refractivity contribution in [3.8, 4) is 6.07 Å². The maximum Gasteiger partial charge on any atom is 0.270 e. The summed E-state index contributed by atoms with van der Waals surface area (Å²) in [5.41, 5.74) is 5.63. The zero-order valence-electron chi connectivity index (χ0n) is 11.8. The van der Waals surface area contributed by atoms with E-state index in [4.69, 9.17) is 11.0 Å². The van der Waals surface area contributed by atoms with Crippen LogP contribution < -0.4 is 11.1 Å². The molecule has 0 spiro atoms. The molecule has 1 aromatic rings. The van der Waals surface area contributed by atoms with Crippen LogP contribution in [-0.2, 0) is 4.79 Å². The van der Waals surface area contributed by atoms with Gasteiger partial charge in [0.15, 0.2) is 0 Å². The van der Waals surface area contributed by atoms with Crippen LogP contribution in [0.2, 0.25) is 0 Å². The minimum Gasteiger partial charge on any atom is -0.330 e. The summed E-state index contributed by atoms with van der Waals surface area (Å²) in [5, 5.41) is 22.2. The van der Waals surface area contributed by atoms with Crippen molar-refractivity contribution in [1.82, 2.24) is 0 Å². The third kappa shape index (κ3) is 5.20. The van der Waals surface area contributed by atoms with Gasteiger partial charge in [0.05, 0.1) is 16.2 Å². The van der Waals surface area contributed by atoms with E-state index in [1.54, 1.807) is 0 Å². The molecule has 1 unspecified atom stereocenters. The molecule has 1 aromatic carbocycles. The second-order valence-corrected chi connectivity index (χ2v) is 4.87. The summed E-state index contributed by atoms with van der Waals surface area (Å²) in [6.45, 7) is 2.61. The van der Waals surface area contributed by atoms with Gasteiger partial charge < -0.3 is 11.1 Å². The Morgan fingerprint density at radius 2 is 2.24 bits per heavy atom. The molecule has 0 radical (unpaired) electrons. The number of hydrogen-bond acceptors (Lipinski definition) is 5.